The molecule has 6 nitrogen and oxygen atoms in total. The second-order valence-electron chi connectivity index (χ2n) is 2.66. The fraction of sp³-hybridized carbons (Fsp3) is 0.286. The van der Waals surface area contributed by atoms with E-state index in [1.54, 1.807) is 6.07 Å². The van der Waals surface area contributed by atoms with Crippen LogP contribution in [0.4, 0.5) is 0 Å². The van der Waals surface area contributed by atoms with Gasteiger partial charge < -0.3 is 10.2 Å². The highest BCUT2D eigenvalue weighted by molar-refractivity contribution is 7.80. The molecule has 7 heteroatoms. The molecule has 0 atom stereocenters. The van der Waals surface area contributed by atoms with Crippen molar-refractivity contribution in [3.63, 3.8) is 0 Å². The Morgan fingerprint density at radius 3 is 2.71 bits per heavy atom. The molecule has 0 aliphatic heterocycles. The van der Waals surface area contributed by atoms with Crippen molar-refractivity contribution in [3.05, 3.63) is 17.6 Å². The van der Waals surface area contributed by atoms with Crippen LogP contribution in [-0.2, 0) is 13.2 Å². The third-order valence-corrected chi connectivity index (χ3v) is 1.95. The number of hydrogen-bond donors (Lipinski definition) is 3. The van der Waals surface area contributed by atoms with Gasteiger partial charge >= 0.3 is 0 Å². The molecule has 14 heavy (non-hydrogen) atoms. The van der Waals surface area contributed by atoms with E-state index >= 15 is 0 Å². The minimum atomic E-state index is -0.254. The molecule has 2 aromatic rings. The number of fused-ring (bicyclic) bond motifs is 1. The average molecular weight is 212 g/mol. The van der Waals surface area contributed by atoms with Crippen molar-refractivity contribution in [2.45, 2.75) is 18.2 Å². The lowest BCUT2D eigenvalue weighted by Crippen LogP contribution is -2.01. The highest BCUT2D eigenvalue weighted by Crippen LogP contribution is 2.09. The molecule has 2 heterocycles. The summed E-state index contributed by atoms with van der Waals surface area (Å²) < 4.78 is 1.38. The molecule has 0 fully saturated rings. The SMILES string of the molecule is OCc1nc2nc(S)cc(CO)n2n1. The number of aromatic nitrogens is 4. The Bertz CT molecular complexity index is 470. The Hall–Kier alpha value is -1.18. The van der Waals surface area contributed by atoms with Crippen molar-refractivity contribution in [2.24, 2.45) is 0 Å². The summed E-state index contributed by atoms with van der Waals surface area (Å²) in [6.45, 7) is -0.434. The zero-order chi connectivity index (χ0) is 10.1. The van der Waals surface area contributed by atoms with Crippen LogP contribution in [0.3, 0.4) is 0 Å². The van der Waals surface area contributed by atoms with Gasteiger partial charge in [0.2, 0.25) is 0 Å². The zero-order valence-electron chi connectivity index (χ0n) is 7.12. The number of aliphatic hydroxyl groups is 2. The smallest absolute Gasteiger partial charge is 0.253 e. The Balaban J connectivity index is 2.71. The second kappa shape index (κ2) is 3.52. The van der Waals surface area contributed by atoms with Gasteiger partial charge in [-0.05, 0) is 6.07 Å². The van der Waals surface area contributed by atoms with Crippen LogP contribution in [-0.4, -0.2) is 29.8 Å². The summed E-state index contributed by atoms with van der Waals surface area (Å²) in [6, 6.07) is 1.59. The average Bonchev–Trinajstić information content (AvgIpc) is 2.59. The maximum atomic E-state index is 9.03. The lowest BCUT2D eigenvalue weighted by atomic mass is 10.4. The molecule has 0 spiro atoms. The lowest BCUT2D eigenvalue weighted by Gasteiger charge is -1.99. The number of aliphatic hydroxyl groups excluding tert-OH is 2. The van der Waals surface area contributed by atoms with Crippen LogP contribution >= 0.6 is 12.6 Å². The van der Waals surface area contributed by atoms with E-state index < -0.39 is 0 Å². The quantitative estimate of drug-likeness (QED) is 0.457. The van der Waals surface area contributed by atoms with Crippen molar-refractivity contribution in [1.82, 2.24) is 19.6 Å². The minimum absolute atomic E-state index is 0.180. The van der Waals surface area contributed by atoms with Crippen LogP contribution < -0.4 is 0 Å². The van der Waals surface area contributed by atoms with E-state index in [-0.39, 0.29) is 19.0 Å². The van der Waals surface area contributed by atoms with Gasteiger partial charge in [-0.25, -0.2) is 4.98 Å². The molecule has 0 saturated heterocycles. The van der Waals surface area contributed by atoms with Crippen LogP contribution in [0, 0.1) is 0 Å². The molecular weight excluding hydrogens is 204 g/mol. The first-order valence-electron chi connectivity index (χ1n) is 3.91. The summed E-state index contributed by atoms with van der Waals surface area (Å²) in [7, 11) is 0. The van der Waals surface area contributed by atoms with Crippen LogP contribution in [0.5, 0.6) is 0 Å². The normalized spacial score (nSPS) is 11.1. The largest absolute Gasteiger partial charge is 0.390 e. The van der Waals surface area contributed by atoms with Crippen LogP contribution in [0.1, 0.15) is 11.5 Å². The van der Waals surface area contributed by atoms with E-state index in [1.807, 2.05) is 0 Å². The van der Waals surface area contributed by atoms with E-state index in [9.17, 15) is 0 Å². The monoisotopic (exact) mass is 212 g/mol. The Morgan fingerprint density at radius 1 is 1.29 bits per heavy atom. The number of nitrogens with zero attached hydrogens (tertiary/aromatic N) is 4. The van der Waals surface area contributed by atoms with Gasteiger partial charge in [0.15, 0.2) is 5.82 Å². The van der Waals surface area contributed by atoms with Gasteiger partial charge in [-0.3, -0.25) is 0 Å². The molecule has 0 bridgehead atoms. The molecule has 0 amide bonds. The fourth-order valence-electron chi connectivity index (χ4n) is 1.13. The van der Waals surface area contributed by atoms with Crippen LogP contribution in [0.25, 0.3) is 5.78 Å². The predicted molar refractivity (Wildman–Crippen MR) is 49.9 cm³/mol. The molecule has 0 aliphatic carbocycles. The molecule has 2 N–H and O–H groups in total. The van der Waals surface area contributed by atoms with Crippen molar-refractivity contribution in [2.75, 3.05) is 0 Å². The van der Waals surface area contributed by atoms with E-state index in [0.717, 1.165) is 0 Å². The maximum Gasteiger partial charge on any atom is 0.253 e. The van der Waals surface area contributed by atoms with Gasteiger partial charge in [-0.15, -0.1) is 17.7 Å². The Labute approximate surface area is 84.7 Å². The van der Waals surface area contributed by atoms with Gasteiger partial charge in [0.1, 0.15) is 6.61 Å². The van der Waals surface area contributed by atoms with Crippen molar-refractivity contribution in [3.8, 4) is 0 Å². The summed E-state index contributed by atoms with van der Waals surface area (Å²) in [4.78, 5) is 7.92. The summed E-state index contributed by atoms with van der Waals surface area (Å²) >= 11 is 4.06. The summed E-state index contributed by atoms with van der Waals surface area (Å²) in [6.07, 6.45) is 0. The third kappa shape index (κ3) is 1.45. The van der Waals surface area contributed by atoms with Gasteiger partial charge in [-0.2, -0.15) is 9.50 Å². The van der Waals surface area contributed by atoms with E-state index in [0.29, 0.717) is 16.5 Å². The molecule has 0 aliphatic rings. The molecule has 0 radical (unpaired) electrons. The molecular formula is C7H8N4O2S. The van der Waals surface area contributed by atoms with Crippen molar-refractivity contribution < 1.29 is 10.2 Å². The van der Waals surface area contributed by atoms with Crippen LogP contribution in [0.15, 0.2) is 11.1 Å². The fourth-order valence-corrected chi connectivity index (χ4v) is 1.37. The highest BCUT2D eigenvalue weighted by Gasteiger charge is 2.08. The molecule has 2 rings (SSSR count). The highest BCUT2D eigenvalue weighted by atomic mass is 32.1. The number of rotatable bonds is 2. The van der Waals surface area contributed by atoms with Gasteiger partial charge in [0.05, 0.1) is 17.3 Å². The maximum absolute atomic E-state index is 9.03. The molecule has 0 unspecified atom stereocenters. The van der Waals surface area contributed by atoms with Gasteiger partial charge in [-0.1, -0.05) is 0 Å². The lowest BCUT2D eigenvalue weighted by molar-refractivity contribution is 0.266. The van der Waals surface area contributed by atoms with E-state index in [4.69, 9.17) is 10.2 Å². The summed E-state index contributed by atoms with van der Waals surface area (Å²) in [5.41, 5.74) is 0.534. The van der Waals surface area contributed by atoms with E-state index in [2.05, 4.69) is 27.7 Å². The predicted octanol–water partition coefficient (Wildman–Crippen LogP) is -0.602. The van der Waals surface area contributed by atoms with Gasteiger partial charge in [0, 0.05) is 0 Å². The first kappa shape index (κ1) is 9.38. The minimum Gasteiger partial charge on any atom is -0.390 e. The second-order valence-corrected chi connectivity index (χ2v) is 3.12. The van der Waals surface area contributed by atoms with Crippen molar-refractivity contribution in [1.29, 1.82) is 0 Å². The standard InChI is InChI=1S/C7H8N4O2S/c12-2-4-1-6(14)9-7-8-5(3-13)10-11(4)7/h1,12-13H,2-3H2,(H,8,9,10,14). The topological polar surface area (TPSA) is 83.5 Å². The number of hydrogen-bond acceptors (Lipinski definition) is 6. The van der Waals surface area contributed by atoms with Crippen molar-refractivity contribution >= 4 is 18.4 Å². The summed E-state index contributed by atoms with van der Waals surface area (Å²) in [5.74, 6) is 0.594. The molecule has 0 saturated carbocycles. The third-order valence-electron chi connectivity index (χ3n) is 1.72. The van der Waals surface area contributed by atoms with Gasteiger partial charge in [0.25, 0.3) is 5.78 Å². The first-order chi connectivity index (χ1) is 6.74. The summed E-state index contributed by atoms with van der Waals surface area (Å²) in [5, 5.41) is 22.3. The molecule has 0 aromatic carbocycles. The zero-order valence-corrected chi connectivity index (χ0v) is 8.02. The molecule has 74 valence electrons. The van der Waals surface area contributed by atoms with E-state index in [1.165, 1.54) is 4.52 Å². The number of thiol groups is 1. The Kier molecular flexibility index (Phi) is 2.36. The first-order valence-corrected chi connectivity index (χ1v) is 4.35. The van der Waals surface area contributed by atoms with Crippen LogP contribution in [0.2, 0.25) is 0 Å². The Morgan fingerprint density at radius 2 is 2.07 bits per heavy atom. The molecule has 2 aromatic heterocycles.